The third-order valence-corrected chi connectivity index (χ3v) is 4.46. The van der Waals surface area contributed by atoms with Gasteiger partial charge >= 0.3 is 0 Å². The standard InChI is InChI=1S/C16H21N5OS/c1-23-16-18-14(17)10-15(19-16)21-7-5-20(6-8-21)11-12-3-2-4-13(22)9-12/h2-4,9-10,22H,5-8,11H2,1H3,(H2,17,18,19). The zero-order chi connectivity index (χ0) is 16.2. The first-order valence-electron chi connectivity index (χ1n) is 7.58. The molecule has 0 aliphatic carbocycles. The van der Waals surface area contributed by atoms with Gasteiger partial charge in [0.2, 0.25) is 0 Å². The summed E-state index contributed by atoms with van der Waals surface area (Å²) in [6.45, 7) is 4.57. The lowest BCUT2D eigenvalue weighted by molar-refractivity contribution is 0.249. The number of nitrogens with zero attached hydrogens (tertiary/aromatic N) is 4. The van der Waals surface area contributed by atoms with Crippen LogP contribution in [0.15, 0.2) is 35.5 Å². The first-order chi connectivity index (χ1) is 11.1. The molecule has 1 aliphatic rings. The maximum absolute atomic E-state index is 9.55. The summed E-state index contributed by atoms with van der Waals surface area (Å²) < 4.78 is 0. The van der Waals surface area contributed by atoms with Gasteiger partial charge in [-0.1, -0.05) is 23.9 Å². The predicted octanol–water partition coefficient (Wildman–Crippen LogP) is 1.81. The molecule has 0 atom stereocenters. The summed E-state index contributed by atoms with van der Waals surface area (Å²) in [7, 11) is 0. The molecule has 23 heavy (non-hydrogen) atoms. The first-order valence-corrected chi connectivity index (χ1v) is 8.80. The summed E-state index contributed by atoms with van der Waals surface area (Å²) in [5, 5.41) is 10.3. The minimum absolute atomic E-state index is 0.321. The van der Waals surface area contributed by atoms with Gasteiger partial charge in [0.25, 0.3) is 0 Å². The maximum atomic E-state index is 9.55. The number of hydrogen-bond donors (Lipinski definition) is 2. The Balaban J connectivity index is 1.61. The molecule has 3 N–H and O–H groups in total. The molecule has 3 rings (SSSR count). The van der Waals surface area contributed by atoms with Gasteiger partial charge in [0.15, 0.2) is 5.16 Å². The average molecular weight is 331 g/mol. The molecule has 1 aromatic carbocycles. The van der Waals surface area contributed by atoms with Gasteiger partial charge in [-0.15, -0.1) is 0 Å². The van der Waals surface area contributed by atoms with Crippen LogP contribution in [0.25, 0.3) is 0 Å². The second-order valence-electron chi connectivity index (χ2n) is 5.57. The van der Waals surface area contributed by atoms with E-state index >= 15 is 0 Å². The van der Waals surface area contributed by atoms with Crippen molar-refractivity contribution in [2.24, 2.45) is 0 Å². The molecule has 0 unspecified atom stereocenters. The quantitative estimate of drug-likeness (QED) is 0.653. The van der Waals surface area contributed by atoms with Crippen LogP contribution in [0.5, 0.6) is 5.75 Å². The number of phenols is 1. The second kappa shape index (κ2) is 7.06. The van der Waals surface area contributed by atoms with Crippen molar-refractivity contribution in [1.82, 2.24) is 14.9 Å². The van der Waals surface area contributed by atoms with Crippen molar-refractivity contribution in [3.8, 4) is 5.75 Å². The second-order valence-corrected chi connectivity index (χ2v) is 6.34. The Hall–Kier alpha value is -1.99. The molecule has 1 aliphatic heterocycles. The molecule has 0 saturated carbocycles. The van der Waals surface area contributed by atoms with Crippen LogP contribution in [0.4, 0.5) is 11.6 Å². The van der Waals surface area contributed by atoms with E-state index in [1.165, 1.54) is 11.8 Å². The molecule has 0 radical (unpaired) electrons. The van der Waals surface area contributed by atoms with Crippen LogP contribution >= 0.6 is 11.8 Å². The Kier molecular flexibility index (Phi) is 4.88. The number of thioether (sulfide) groups is 1. The third-order valence-electron chi connectivity index (χ3n) is 3.91. The van der Waals surface area contributed by atoms with E-state index < -0.39 is 0 Å². The van der Waals surface area contributed by atoms with Crippen LogP contribution < -0.4 is 10.6 Å². The van der Waals surface area contributed by atoms with E-state index in [0.29, 0.717) is 16.7 Å². The topological polar surface area (TPSA) is 78.5 Å². The van der Waals surface area contributed by atoms with Crippen LogP contribution in [-0.2, 0) is 6.54 Å². The number of aromatic nitrogens is 2. The normalized spacial score (nSPS) is 15.8. The van der Waals surface area contributed by atoms with E-state index in [9.17, 15) is 5.11 Å². The monoisotopic (exact) mass is 331 g/mol. The lowest BCUT2D eigenvalue weighted by Gasteiger charge is -2.35. The predicted molar refractivity (Wildman–Crippen MR) is 93.8 cm³/mol. The van der Waals surface area contributed by atoms with Crippen molar-refractivity contribution in [3.05, 3.63) is 35.9 Å². The number of anilines is 2. The van der Waals surface area contributed by atoms with E-state index in [-0.39, 0.29) is 0 Å². The number of nitrogen functional groups attached to an aromatic ring is 1. The van der Waals surface area contributed by atoms with E-state index in [1.807, 2.05) is 30.5 Å². The fourth-order valence-electron chi connectivity index (χ4n) is 2.73. The van der Waals surface area contributed by atoms with Crippen LogP contribution in [0.2, 0.25) is 0 Å². The molecule has 2 aromatic rings. The van der Waals surface area contributed by atoms with E-state index in [4.69, 9.17) is 5.73 Å². The molecular weight excluding hydrogens is 310 g/mol. The average Bonchev–Trinajstić information content (AvgIpc) is 2.55. The number of rotatable bonds is 4. The van der Waals surface area contributed by atoms with Crippen molar-refractivity contribution in [2.45, 2.75) is 11.7 Å². The summed E-state index contributed by atoms with van der Waals surface area (Å²) in [5.74, 6) is 1.74. The summed E-state index contributed by atoms with van der Waals surface area (Å²) in [6, 6.07) is 9.29. The Morgan fingerprint density at radius 1 is 1.17 bits per heavy atom. The van der Waals surface area contributed by atoms with Crippen LogP contribution in [0.3, 0.4) is 0 Å². The van der Waals surface area contributed by atoms with E-state index in [2.05, 4.69) is 19.8 Å². The van der Waals surface area contributed by atoms with E-state index in [1.54, 1.807) is 6.07 Å². The lowest BCUT2D eigenvalue weighted by Crippen LogP contribution is -2.46. The minimum Gasteiger partial charge on any atom is -0.508 e. The van der Waals surface area contributed by atoms with Crippen molar-refractivity contribution in [3.63, 3.8) is 0 Å². The SMILES string of the molecule is CSc1nc(N)cc(N2CCN(Cc3cccc(O)c3)CC2)n1. The number of benzene rings is 1. The molecule has 1 aromatic heterocycles. The molecule has 2 heterocycles. The van der Waals surface area contributed by atoms with Gasteiger partial charge in [-0.3, -0.25) is 4.90 Å². The highest BCUT2D eigenvalue weighted by atomic mass is 32.2. The highest BCUT2D eigenvalue weighted by Crippen LogP contribution is 2.21. The summed E-state index contributed by atoms with van der Waals surface area (Å²) in [5.41, 5.74) is 6.99. The zero-order valence-corrected chi connectivity index (χ0v) is 14.0. The molecule has 1 fully saturated rings. The van der Waals surface area contributed by atoms with Crippen LogP contribution in [-0.4, -0.2) is 52.4 Å². The lowest BCUT2D eigenvalue weighted by atomic mass is 10.2. The largest absolute Gasteiger partial charge is 0.508 e. The zero-order valence-electron chi connectivity index (χ0n) is 13.1. The molecule has 0 bridgehead atoms. The van der Waals surface area contributed by atoms with Crippen LogP contribution in [0, 0.1) is 0 Å². The number of hydrogen-bond acceptors (Lipinski definition) is 7. The Labute approximate surface area is 140 Å². The number of phenolic OH excluding ortho intramolecular Hbond substituents is 1. The van der Waals surface area contributed by atoms with Gasteiger partial charge < -0.3 is 15.7 Å². The maximum Gasteiger partial charge on any atom is 0.191 e. The third kappa shape index (κ3) is 4.05. The van der Waals surface area contributed by atoms with Crippen molar-refractivity contribution in [2.75, 3.05) is 43.1 Å². The Morgan fingerprint density at radius 2 is 1.96 bits per heavy atom. The fourth-order valence-corrected chi connectivity index (χ4v) is 3.11. The Morgan fingerprint density at radius 3 is 2.65 bits per heavy atom. The fraction of sp³-hybridized carbons (Fsp3) is 0.375. The molecule has 7 heteroatoms. The van der Waals surface area contributed by atoms with Gasteiger partial charge in [0, 0.05) is 38.8 Å². The minimum atomic E-state index is 0.321. The molecule has 1 saturated heterocycles. The molecular formula is C16H21N5OS. The summed E-state index contributed by atoms with van der Waals surface area (Å²) in [6.07, 6.45) is 1.95. The molecule has 6 nitrogen and oxygen atoms in total. The van der Waals surface area contributed by atoms with Gasteiger partial charge in [-0.2, -0.15) is 0 Å². The van der Waals surface area contributed by atoms with Gasteiger partial charge in [0.05, 0.1) is 0 Å². The number of nitrogens with two attached hydrogens (primary N) is 1. The Bertz CT molecular complexity index is 673. The molecule has 122 valence electrons. The van der Waals surface area contributed by atoms with E-state index in [0.717, 1.165) is 44.1 Å². The highest BCUT2D eigenvalue weighted by molar-refractivity contribution is 7.98. The van der Waals surface area contributed by atoms with Crippen molar-refractivity contribution in [1.29, 1.82) is 0 Å². The summed E-state index contributed by atoms with van der Waals surface area (Å²) in [4.78, 5) is 13.4. The molecule has 0 spiro atoms. The van der Waals surface area contributed by atoms with Gasteiger partial charge in [-0.25, -0.2) is 9.97 Å². The smallest absolute Gasteiger partial charge is 0.191 e. The highest BCUT2D eigenvalue weighted by Gasteiger charge is 2.19. The first kappa shape index (κ1) is 15.9. The number of aromatic hydroxyl groups is 1. The number of piperazine rings is 1. The van der Waals surface area contributed by atoms with Crippen molar-refractivity contribution >= 4 is 23.4 Å². The van der Waals surface area contributed by atoms with Gasteiger partial charge in [-0.05, 0) is 24.0 Å². The van der Waals surface area contributed by atoms with Crippen molar-refractivity contribution < 1.29 is 5.11 Å². The summed E-state index contributed by atoms with van der Waals surface area (Å²) >= 11 is 1.50. The molecule has 0 amide bonds. The van der Waals surface area contributed by atoms with Crippen LogP contribution in [0.1, 0.15) is 5.56 Å². The van der Waals surface area contributed by atoms with Gasteiger partial charge in [0.1, 0.15) is 17.4 Å².